The van der Waals surface area contributed by atoms with Crippen LogP contribution in [-0.2, 0) is 4.84 Å². The maximum atomic E-state index is 14.7. The Labute approximate surface area is 173 Å². The number of rotatable bonds is 3. The summed E-state index contributed by atoms with van der Waals surface area (Å²) in [6.45, 7) is 0. The number of nitrogens with zero attached hydrogens (tertiary/aromatic N) is 3. The van der Waals surface area contributed by atoms with Gasteiger partial charge in [-0.05, 0) is 24.3 Å². The Kier molecular flexibility index (Phi) is 7.00. The summed E-state index contributed by atoms with van der Waals surface area (Å²) < 4.78 is 14.7. The summed E-state index contributed by atoms with van der Waals surface area (Å²) in [6, 6.07) is 11.0. The average Bonchev–Trinajstić information content (AvgIpc) is 2.72. The van der Waals surface area contributed by atoms with Gasteiger partial charge in [0.2, 0.25) is 0 Å². The second-order valence-electron chi connectivity index (χ2n) is 5.15. The van der Waals surface area contributed by atoms with E-state index in [1.807, 2.05) is 5.48 Å². The van der Waals surface area contributed by atoms with Gasteiger partial charge in [-0.1, -0.05) is 24.1 Å². The van der Waals surface area contributed by atoms with Crippen molar-refractivity contribution in [3.05, 3.63) is 77.5 Å². The number of aromatic nitrogens is 3. The van der Waals surface area contributed by atoms with E-state index in [4.69, 9.17) is 11.3 Å². The van der Waals surface area contributed by atoms with Crippen molar-refractivity contribution in [1.82, 2.24) is 20.7 Å². The molecule has 2 heterocycles. The van der Waals surface area contributed by atoms with Crippen LogP contribution in [0.5, 0.6) is 0 Å². The first-order valence-corrected chi connectivity index (χ1v) is 7.61. The van der Waals surface area contributed by atoms with Crippen LogP contribution in [0.25, 0.3) is 11.3 Å². The monoisotopic (exact) mass is 370 g/mol. The fourth-order valence-electron chi connectivity index (χ4n) is 2.18. The molecule has 0 aliphatic heterocycles. The maximum absolute atomic E-state index is 14.7. The van der Waals surface area contributed by atoms with Crippen LogP contribution in [0.4, 0.5) is 4.39 Å². The Morgan fingerprint density at radius 3 is 2.43 bits per heavy atom. The molecule has 1 amide bonds. The molecule has 0 spiro atoms. The predicted octanol–water partition coefficient (Wildman–Crippen LogP) is -0.723. The van der Waals surface area contributed by atoms with Crippen LogP contribution in [0.3, 0.4) is 0 Å². The van der Waals surface area contributed by atoms with Crippen molar-refractivity contribution < 1.29 is 39.1 Å². The zero-order chi connectivity index (χ0) is 19.2. The van der Waals surface area contributed by atoms with Crippen molar-refractivity contribution in [3.63, 3.8) is 0 Å². The van der Waals surface area contributed by atoms with E-state index in [1.165, 1.54) is 36.7 Å². The summed E-state index contributed by atoms with van der Waals surface area (Å²) in [5.74, 6) is -0.609. The Morgan fingerprint density at radius 2 is 1.79 bits per heavy atom. The van der Waals surface area contributed by atoms with Gasteiger partial charge in [-0.3, -0.25) is 9.78 Å². The summed E-state index contributed by atoms with van der Waals surface area (Å²) in [6.07, 6.45) is 8.23. The van der Waals surface area contributed by atoms with E-state index in [2.05, 4.69) is 21.1 Å². The number of pyridine rings is 1. The minimum absolute atomic E-state index is 0. The molecule has 0 aliphatic rings. The van der Waals surface area contributed by atoms with E-state index in [9.17, 15) is 14.0 Å². The van der Waals surface area contributed by atoms with Crippen molar-refractivity contribution in [2.24, 2.45) is 0 Å². The molecule has 0 bridgehead atoms. The largest absolute Gasteiger partial charge is 1.00 e. The summed E-state index contributed by atoms with van der Waals surface area (Å²) in [5.41, 5.74) is 1.52. The van der Waals surface area contributed by atoms with Gasteiger partial charge in [-0.15, -0.1) is 16.6 Å². The zero-order valence-corrected chi connectivity index (χ0v) is 14.7. The molecule has 134 valence electrons. The molecule has 0 fully saturated rings. The van der Waals surface area contributed by atoms with E-state index >= 15 is 0 Å². The minimum atomic E-state index is -1.00. The van der Waals surface area contributed by atoms with E-state index in [0.717, 1.165) is 0 Å². The van der Waals surface area contributed by atoms with Gasteiger partial charge in [0.15, 0.2) is 11.5 Å². The topological polar surface area (TPSA) is 94.1 Å². The molecule has 0 atom stereocenters. The molecule has 1 aromatic carbocycles. The number of hydrogen-bond donors (Lipinski definition) is 1. The Morgan fingerprint density at radius 1 is 1.11 bits per heavy atom. The van der Waals surface area contributed by atoms with Gasteiger partial charge in [-0.25, -0.2) is 9.18 Å². The predicted molar refractivity (Wildman–Crippen MR) is 93.6 cm³/mol. The summed E-state index contributed by atoms with van der Waals surface area (Å²) in [7, 11) is 0. The van der Waals surface area contributed by atoms with E-state index in [1.54, 1.807) is 18.2 Å². The standard InChI is InChI=1S/C19H11FN4O3.Li.H/c1-2-14-15(20)16(12-8-10-21-11-9-12)22-23-17(14)18(25)24-27-19(26)13-6-4-3-5-7-13;;/h1,3-11H,(H,24,25);;/q;+1;-1. The van der Waals surface area contributed by atoms with Crippen LogP contribution in [-0.4, -0.2) is 27.1 Å². The molecular weight excluding hydrogens is 358 g/mol. The molecule has 0 unspecified atom stereocenters. The normalized spacial score (nSPS) is 9.57. The van der Waals surface area contributed by atoms with Gasteiger partial charge in [0.05, 0.1) is 11.1 Å². The number of carbonyl (C=O) groups excluding carboxylic acids is 2. The molecular formula is C19H12FLiN4O3. The van der Waals surface area contributed by atoms with Crippen LogP contribution in [0.1, 0.15) is 27.8 Å². The molecule has 0 aliphatic carbocycles. The molecule has 0 saturated heterocycles. The summed E-state index contributed by atoms with van der Waals surface area (Å²) >= 11 is 0. The van der Waals surface area contributed by atoms with Gasteiger partial charge in [0, 0.05) is 18.0 Å². The van der Waals surface area contributed by atoms with Gasteiger partial charge in [-0.2, -0.15) is 5.48 Å². The molecule has 1 N–H and O–H groups in total. The third-order valence-electron chi connectivity index (χ3n) is 3.47. The smallest absolute Gasteiger partial charge is 1.00 e. The fourth-order valence-corrected chi connectivity index (χ4v) is 2.18. The number of benzene rings is 1. The van der Waals surface area contributed by atoms with Crippen LogP contribution in [0.2, 0.25) is 0 Å². The third-order valence-corrected chi connectivity index (χ3v) is 3.47. The van der Waals surface area contributed by atoms with Gasteiger partial charge in [0.25, 0.3) is 0 Å². The third kappa shape index (κ3) is 4.41. The Balaban J connectivity index is 0.00000210. The van der Waals surface area contributed by atoms with Crippen molar-refractivity contribution in [2.75, 3.05) is 0 Å². The van der Waals surface area contributed by atoms with E-state index in [0.29, 0.717) is 5.56 Å². The molecule has 0 radical (unpaired) electrons. The zero-order valence-electron chi connectivity index (χ0n) is 15.7. The van der Waals surface area contributed by atoms with Crippen molar-refractivity contribution in [2.45, 2.75) is 0 Å². The molecule has 3 aromatic rings. The second kappa shape index (κ2) is 9.42. The molecule has 7 nitrogen and oxygen atoms in total. The Hall–Kier alpha value is -3.52. The van der Waals surface area contributed by atoms with E-state index in [-0.39, 0.29) is 31.5 Å². The first-order chi connectivity index (χ1) is 13.1. The number of terminal acetylenes is 1. The van der Waals surface area contributed by atoms with Crippen molar-refractivity contribution >= 4 is 11.9 Å². The number of carbonyl (C=O) groups is 2. The molecule has 28 heavy (non-hydrogen) atoms. The molecule has 0 saturated carbocycles. The maximum Gasteiger partial charge on any atom is 1.00 e. The van der Waals surface area contributed by atoms with Crippen molar-refractivity contribution in [1.29, 1.82) is 0 Å². The quantitative estimate of drug-likeness (QED) is 0.372. The summed E-state index contributed by atoms with van der Waals surface area (Å²) in [4.78, 5) is 32.6. The van der Waals surface area contributed by atoms with E-state index < -0.39 is 29.0 Å². The minimum Gasteiger partial charge on any atom is -1.00 e. The number of nitrogens with one attached hydrogen (secondary N) is 1. The summed E-state index contributed by atoms with van der Waals surface area (Å²) in [5, 5.41) is 7.39. The van der Waals surface area contributed by atoms with Crippen LogP contribution in [0.15, 0.2) is 54.9 Å². The molecule has 9 heteroatoms. The van der Waals surface area contributed by atoms with Gasteiger partial charge >= 0.3 is 30.7 Å². The first kappa shape index (κ1) is 20.8. The van der Waals surface area contributed by atoms with Crippen LogP contribution in [0, 0.1) is 18.2 Å². The first-order valence-electron chi connectivity index (χ1n) is 7.61. The van der Waals surface area contributed by atoms with Gasteiger partial charge < -0.3 is 6.26 Å². The second-order valence-corrected chi connectivity index (χ2v) is 5.15. The SMILES string of the molecule is C#Cc1c(C(=O)NOC(=O)c2ccccc2)nnc(-c2ccncc2)c1F.[H-].[Li+]. The van der Waals surface area contributed by atoms with Crippen LogP contribution >= 0.6 is 0 Å². The number of halogens is 1. The van der Waals surface area contributed by atoms with Crippen LogP contribution < -0.4 is 24.3 Å². The molecule has 2 aromatic heterocycles. The Bertz CT molecular complexity index is 1050. The van der Waals surface area contributed by atoms with Crippen molar-refractivity contribution in [3.8, 4) is 23.6 Å². The van der Waals surface area contributed by atoms with Gasteiger partial charge in [0.1, 0.15) is 5.69 Å². The average molecular weight is 370 g/mol. The number of amides is 1. The number of hydroxylamine groups is 1. The molecule has 3 rings (SSSR count). The fraction of sp³-hybridized carbons (Fsp3) is 0. The number of hydrogen-bond acceptors (Lipinski definition) is 6.